The third kappa shape index (κ3) is 1.79. The minimum Gasteiger partial charge on any atom is -0.345 e. The van der Waals surface area contributed by atoms with Crippen LogP contribution >= 0.6 is 0 Å². The highest BCUT2D eigenvalue weighted by Crippen LogP contribution is 2.24. The van der Waals surface area contributed by atoms with E-state index >= 15 is 0 Å². The van der Waals surface area contributed by atoms with Gasteiger partial charge in [0, 0.05) is 0 Å². The van der Waals surface area contributed by atoms with E-state index in [4.69, 9.17) is 0 Å². The van der Waals surface area contributed by atoms with Gasteiger partial charge < -0.3 is 4.98 Å². The lowest BCUT2D eigenvalue weighted by Gasteiger charge is -2.18. The van der Waals surface area contributed by atoms with Crippen molar-refractivity contribution in [2.75, 3.05) is 0 Å². The van der Waals surface area contributed by atoms with Gasteiger partial charge in [-0.05, 0) is 23.5 Å². The van der Waals surface area contributed by atoms with E-state index in [2.05, 4.69) is 48.9 Å². The molecule has 0 aliphatic rings. The van der Waals surface area contributed by atoms with Crippen molar-refractivity contribution >= 4 is 11.0 Å². The average Bonchev–Trinajstić information content (AvgIpc) is 2.49. The molecule has 2 aromatic rings. The van der Waals surface area contributed by atoms with Crippen LogP contribution in [0.1, 0.15) is 26.3 Å². The van der Waals surface area contributed by atoms with Crippen LogP contribution in [-0.2, 0) is 6.42 Å². The summed E-state index contributed by atoms with van der Waals surface area (Å²) in [4.78, 5) is 7.48. The van der Waals surface area contributed by atoms with Crippen LogP contribution < -0.4 is 0 Å². The van der Waals surface area contributed by atoms with Crippen LogP contribution in [-0.4, -0.2) is 9.97 Å². The van der Waals surface area contributed by atoms with Gasteiger partial charge in [0.25, 0.3) is 0 Å². The third-order valence-corrected chi connectivity index (χ3v) is 2.25. The fraction of sp³-hybridized carbons (Fsp3) is 0.417. The van der Waals surface area contributed by atoms with E-state index in [1.165, 1.54) is 5.56 Å². The van der Waals surface area contributed by atoms with E-state index in [0.29, 0.717) is 5.41 Å². The van der Waals surface area contributed by atoms with Crippen molar-refractivity contribution in [3.05, 3.63) is 30.1 Å². The second-order valence-corrected chi connectivity index (χ2v) is 4.95. The van der Waals surface area contributed by atoms with Crippen molar-refractivity contribution in [3.63, 3.8) is 0 Å². The molecule has 0 amide bonds. The molecule has 0 aliphatic carbocycles. The Balaban J connectivity index is 2.46. The normalized spacial score (nSPS) is 12.2. The van der Waals surface area contributed by atoms with Crippen molar-refractivity contribution in [2.24, 2.45) is 5.41 Å². The number of rotatable bonds is 1. The number of H-pyrrole nitrogens is 1. The van der Waals surface area contributed by atoms with E-state index < -0.39 is 0 Å². The largest absolute Gasteiger partial charge is 0.345 e. The van der Waals surface area contributed by atoms with Crippen molar-refractivity contribution in [3.8, 4) is 0 Å². The van der Waals surface area contributed by atoms with Crippen molar-refractivity contribution < 1.29 is 0 Å². The summed E-state index contributed by atoms with van der Waals surface area (Å²) in [5.41, 5.74) is 3.89. The first kappa shape index (κ1) is 9.25. The fourth-order valence-corrected chi connectivity index (χ4v) is 1.74. The van der Waals surface area contributed by atoms with Gasteiger partial charge in [0.15, 0.2) is 0 Å². The first-order valence-corrected chi connectivity index (χ1v) is 4.97. The summed E-state index contributed by atoms with van der Waals surface area (Å²) in [7, 11) is 0. The van der Waals surface area contributed by atoms with Crippen LogP contribution in [0.3, 0.4) is 0 Å². The van der Waals surface area contributed by atoms with E-state index in [9.17, 15) is 0 Å². The maximum absolute atomic E-state index is 4.35. The second-order valence-electron chi connectivity index (χ2n) is 4.95. The number of hydrogen-bond acceptors (Lipinski definition) is 1. The van der Waals surface area contributed by atoms with Crippen molar-refractivity contribution in [1.82, 2.24) is 9.97 Å². The Bertz CT molecular complexity index is 435. The molecule has 74 valence electrons. The fourth-order valence-electron chi connectivity index (χ4n) is 1.74. The zero-order valence-electron chi connectivity index (χ0n) is 8.96. The standard InChI is InChI=1S/C12H16N2/c1-12(2,3)7-9-5-4-6-10-11(9)14-8-13-10/h4-6,8H,7H2,1-3H3,(H,13,14). The van der Waals surface area contributed by atoms with Crippen LogP contribution in [0.15, 0.2) is 24.5 Å². The molecule has 14 heavy (non-hydrogen) atoms. The quantitative estimate of drug-likeness (QED) is 0.731. The van der Waals surface area contributed by atoms with Gasteiger partial charge in [-0.3, -0.25) is 0 Å². The predicted octanol–water partition coefficient (Wildman–Crippen LogP) is 3.15. The second kappa shape index (κ2) is 3.12. The predicted molar refractivity (Wildman–Crippen MR) is 59.3 cm³/mol. The highest BCUT2D eigenvalue weighted by molar-refractivity contribution is 5.78. The number of para-hydroxylation sites is 1. The number of imidazole rings is 1. The molecule has 0 aliphatic heterocycles. The zero-order chi connectivity index (χ0) is 10.2. The maximum Gasteiger partial charge on any atom is 0.0931 e. The highest BCUT2D eigenvalue weighted by atomic mass is 14.9. The molecule has 2 nitrogen and oxygen atoms in total. The number of aromatic nitrogens is 2. The Hall–Kier alpha value is -1.31. The van der Waals surface area contributed by atoms with E-state index in [1.54, 1.807) is 6.33 Å². The SMILES string of the molecule is CC(C)(C)Cc1cccc2[nH]cnc12. The summed E-state index contributed by atoms with van der Waals surface area (Å²) in [5.74, 6) is 0. The zero-order valence-corrected chi connectivity index (χ0v) is 8.96. The third-order valence-electron chi connectivity index (χ3n) is 2.25. The number of nitrogens with one attached hydrogen (secondary N) is 1. The molecule has 1 aromatic carbocycles. The lowest BCUT2D eigenvalue weighted by molar-refractivity contribution is 0.412. The molecule has 1 heterocycles. The summed E-state index contributed by atoms with van der Waals surface area (Å²) < 4.78 is 0. The lowest BCUT2D eigenvalue weighted by Crippen LogP contribution is -2.09. The van der Waals surface area contributed by atoms with Gasteiger partial charge in [-0.15, -0.1) is 0 Å². The smallest absolute Gasteiger partial charge is 0.0931 e. The van der Waals surface area contributed by atoms with Gasteiger partial charge in [0.2, 0.25) is 0 Å². The topological polar surface area (TPSA) is 28.7 Å². The molecule has 0 saturated carbocycles. The monoisotopic (exact) mass is 188 g/mol. The molecule has 0 atom stereocenters. The molecular formula is C12H16N2. The van der Waals surface area contributed by atoms with Gasteiger partial charge in [0.05, 0.1) is 17.4 Å². The van der Waals surface area contributed by atoms with E-state index in [0.717, 1.165) is 17.5 Å². The van der Waals surface area contributed by atoms with Gasteiger partial charge >= 0.3 is 0 Å². The molecule has 0 saturated heterocycles. The van der Waals surface area contributed by atoms with Crippen LogP contribution in [0, 0.1) is 5.41 Å². The number of benzene rings is 1. The van der Waals surface area contributed by atoms with Crippen LogP contribution in [0.25, 0.3) is 11.0 Å². The molecule has 0 fully saturated rings. The van der Waals surface area contributed by atoms with Crippen molar-refractivity contribution in [2.45, 2.75) is 27.2 Å². The Morgan fingerprint density at radius 1 is 1.29 bits per heavy atom. The molecular weight excluding hydrogens is 172 g/mol. The van der Waals surface area contributed by atoms with Crippen molar-refractivity contribution in [1.29, 1.82) is 0 Å². The van der Waals surface area contributed by atoms with Gasteiger partial charge in [-0.1, -0.05) is 32.9 Å². The first-order chi connectivity index (χ1) is 6.56. The number of aromatic amines is 1. The Morgan fingerprint density at radius 3 is 2.79 bits per heavy atom. The minimum absolute atomic E-state index is 0.313. The van der Waals surface area contributed by atoms with Crippen LogP contribution in [0.2, 0.25) is 0 Å². The van der Waals surface area contributed by atoms with Gasteiger partial charge in [0.1, 0.15) is 0 Å². The van der Waals surface area contributed by atoms with Crippen LogP contribution in [0.5, 0.6) is 0 Å². The molecule has 0 bridgehead atoms. The summed E-state index contributed by atoms with van der Waals surface area (Å²) in [6.45, 7) is 6.75. The van der Waals surface area contributed by atoms with E-state index in [-0.39, 0.29) is 0 Å². The van der Waals surface area contributed by atoms with Gasteiger partial charge in [-0.25, -0.2) is 4.98 Å². The molecule has 1 N–H and O–H groups in total. The van der Waals surface area contributed by atoms with E-state index in [1.807, 2.05) is 0 Å². The molecule has 2 heteroatoms. The number of hydrogen-bond donors (Lipinski definition) is 1. The molecule has 0 spiro atoms. The molecule has 0 radical (unpaired) electrons. The summed E-state index contributed by atoms with van der Waals surface area (Å²) in [6.07, 6.45) is 2.83. The summed E-state index contributed by atoms with van der Waals surface area (Å²) in [5, 5.41) is 0. The average molecular weight is 188 g/mol. The van der Waals surface area contributed by atoms with Crippen LogP contribution in [0.4, 0.5) is 0 Å². The molecule has 0 unspecified atom stereocenters. The first-order valence-electron chi connectivity index (χ1n) is 4.97. The Kier molecular flexibility index (Phi) is 2.06. The van der Waals surface area contributed by atoms with Gasteiger partial charge in [-0.2, -0.15) is 0 Å². The molecule has 1 aromatic heterocycles. The lowest BCUT2D eigenvalue weighted by atomic mass is 9.88. The Morgan fingerprint density at radius 2 is 2.07 bits per heavy atom. The minimum atomic E-state index is 0.313. The maximum atomic E-state index is 4.35. The molecule has 2 rings (SSSR count). The summed E-state index contributed by atoms with van der Waals surface area (Å²) in [6, 6.07) is 6.31. The highest BCUT2D eigenvalue weighted by Gasteiger charge is 2.13. The Labute approximate surface area is 84.4 Å². The number of fused-ring (bicyclic) bond motifs is 1. The summed E-state index contributed by atoms with van der Waals surface area (Å²) >= 11 is 0. The number of nitrogens with zero attached hydrogens (tertiary/aromatic N) is 1.